The van der Waals surface area contributed by atoms with Crippen LogP contribution in [0.25, 0.3) is 22.3 Å². The molecule has 4 aromatic rings. The first-order valence-corrected chi connectivity index (χ1v) is 9.27. The number of hydrogen-bond donors (Lipinski definition) is 3. The van der Waals surface area contributed by atoms with Crippen molar-refractivity contribution in [3.05, 3.63) is 86.1 Å². The molecule has 0 fully saturated rings. The van der Waals surface area contributed by atoms with Gasteiger partial charge in [0.25, 0.3) is 5.56 Å². The quantitative estimate of drug-likeness (QED) is 0.494. The van der Waals surface area contributed by atoms with E-state index < -0.39 is 17.2 Å². The van der Waals surface area contributed by atoms with Crippen molar-refractivity contribution in [2.24, 2.45) is 7.05 Å². The van der Waals surface area contributed by atoms with Crippen molar-refractivity contribution in [1.29, 1.82) is 0 Å². The predicted molar refractivity (Wildman–Crippen MR) is 111 cm³/mol. The maximum atomic E-state index is 13.0. The van der Waals surface area contributed by atoms with Crippen LogP contribution < -0.4 is 16.6 Å². The van der Waals surface area contributed by atoms with Crippen molar-refractivity contribution in [1.82, 2.24) is 14.5 Å². The molecule has 0 spiro atoms. The molecule has 2 aromatic heterocycles. The number of aryl methyl sites for hydroxylation is 2. The number of H-pyrrole nitrogens is 2. The molecule has 144 valence electrons. The number of anilines is 1. The summed E-state index contributed by atoms with van der Waals surface area (Å²) < 4.78 is 1.36. The van der Waals surface area contributed by atoms with Gasteiger partial charge in [-0.2, -0.15) is 0 Å². The first-order valence-electron chi connectivity index (χ1n) is 9.27. The summed E-state index contributed by atoms with van der Waals surface area (Å²) in [4.78, 5) is 43.5. The van der Waals surface area contributed by atoms with Crippen LogP contribution in [0.3, 0.4) is 0 Å². The molecule has 0 aliphatic carbocycles. The van der Waals surface area contributed by atoms with Crippen LogP contribution in [-0.2, 0) is 11.8 Å². The van der Waals surface area contributed by atoms with Gasteiger partial charge in [-0.25, -0.2) is 4.79 Å². The van der Waals surface area contributed by atoms with E-state index in [1.807, 2.05) is 55.5 Å². The minimum atomic E-state index is -0.658. The van der Waals surface area contributed by atoms with Crippen LogP contribution in [-0.4, -0.2) is 20.4 Å². The molecule has 3 heterocycles. The molecule has 1 unspecified atom stereocenters. The number of nitrogens with one attached hydrogen (secondary N) is 3. The Balaban J connectivity index is 1.91. The molecular weight excluding hydrogens is 368 g/mol. The minimum Gasteiger partial charge on any atom is -0.340 e. The molecule has 29 heavy (non-hydrogen) atoms. The Hall–Kier alpha value is -3.87. The second-order valence-electron chi connectivity index (χ2n) is 7.33. The van der Waals surface area contributed by atoms with Gasteiger partial charge < -0.3 is 10.3 Å². The van der Waals surface area contributed by atoms with E-state index in [9.17, 15) is 14.4 Å². The third kappa shape index (κ3) is 2.47. The minimum absolute atomic E-state index is 0.200. The number of carbonyl (C=O) groups excluding carboxylic acids is 1. The summed E-state index contributed by atoms with van der Waals surface area (Å²) in [6.07, 6.45) is 0. The van der Waals surface area contributed by atoms with Gasteiger partial charge in [-0.3, -0.25) is 19.1 Å². The van der Waals surface area contributed by atoms with E-state index in [4.69, 9.17) is 0 Å². The summed E-state index contributed by atoms with van der Waals surface area (Å²) in [6, 6.07) is 15.3. The number of rotatable bonds is 2. The average Bonchev–Trinajstić information content (AvgIpc) is 3.24. The summed E-state index contributed by atoms with van der Waals surface area (Å²) in [6.45, 7) is 1.99. The predicted octanol–water partition coefficient (Wildman–Crippen LogP) is 2.61. The molecule has 3 N–H and O–H groups in total. The molecule has 0 saturated carbocycles. The third-order valence-corrected chi connectivity index (χ3v) is 5.53. The van der Waals surface area contributed by atoms with E-state index in [1.165, 1.54) is 4.57 Å². The highest BCUT2D eigenvalue weighted by Gasteiger charge is 2.37. The Morgan fingerprint density at radius 1 is 0.931 bits per heavy atom. The van der Waals surface area contributed by atoms with E-state index in [0.717, 1.165) is 22.4 Å². The molecule has 1 amide bonds. The number of amides is 1. The highest BCUT2D eigenvalue weighted by Crippen LogP contribution is 2.43. The SMILES string of the molecule is Cc1ccc(-c2[nH]c3c(c2C2C(=O)Nc4ccccc42)c(=O)[nH]c(=O)n3C)cc1. The number of nitrogens with zero attached hydrogens (tertiary/aromatic N) is 1. The van der Waals surface area contributed by atoms with Crippen molar-refractivity contribution in [3.63, 3.8) is 0 Å². The van der Waals surface area contributed by atoms with Gasteiger partial charge in [0.05, 0.1) is 17.0 Å². The number of aromatic nitrogens is 3. The second kappa shape index (κ2) is 6.07. The fourth-order valence-corrected chi connectivity index (χ4v) is 4.06. The number of aromatic amines is 2. The largest absolute Gasteiger partial charge is 0.340 e. The van der Waals surface area contributed by atoms with Gasteiger partial charge in [0.15, 0.2) is 0 Å². The van der Waals surface area contributed by atoms with Crippen LogP contribution in [0.1, 0.15) is 22.6 Å². The Kier molecular flexibility index (Phi) is 3.61. The van der Waals surface area contributed by atoms with Gasteiger partial charge >= 0.3 is 5.69 Å². The zero-order valence-electron chi connectivity index (χ0n) is 15.9. The number of carbonyl (C=O) groups is 1. The fraction of sp³-hybridized carbons (Fsp3) is 0.136. The number of hydrogen-bond acceptors (Lipinski definition) is 3. The summed E-state index contributed by atoms with van der Waals surface area (Å²) in [5, 5.41) is 3.22. The van der Waals surface area contributed by atoms with E-state index >= 15 is 0 Å². The standard InChI is InChI=1S/C22H18N4O3/c1-11-7-9-12(10-8-11)18-16(15-13-5-3-4-6-14(13)23-20(15)27)17-19(24-18)26(2)22(29)25-21(17)28/h3-10,15,24H,1-2H3,(H,23,27)(H,25,28,29). The molecule has 7 heteroatoms. The van der Waals surface area contributed by atoms with E-state index in [-0.39, 0.29) is 5.91 Å². The van der Waals surface area contributed by atoms with E-state index in [2.05, 4.69) is 15.3 Å². The fourth-order valence-electron chi connectivity index (χ4n) is 4.06. The van der Waals surface area contributed by atoms with E-state index in [0.29, 0.717) is 22.3 Å². The molecule has 1 atom stereocenters. The van der Waals surface area contributed by atoms with E-state index in [1.54, 1.807) is 7.05 Å². The Bertz CT molecular complexity index is 1410. The lowest BCUT2D eigenvalue weighted by atomic mass is 9.89. The lowest BCUT2D eigenvalue weighted by Gasteiger charge is -2.12. The summed E-state index contributed by atoms with van der Waals surface area (Å²) >= 11 is 0. The van der Waals surface area contributed by atoms with Crippen LogP contribution in [0.4, 0.5) is 5.69 Å². The average molecular weight is 386 g/mol. The molecule has 2 aromatic carbocycles. The summed E-state index contributed by atoms with van der Waals surface area (Å²) in [5.41, 5.74) is 4.07. The van der Waals surface area contributed by atoms with Crippen LogP contribution in [0.2, 0.25) is 0 Å². The highest BCUT2D eigenvalue weighted by atomic mass is 16.2. The zero-order chi connectivity index (χ0) is 20.3. The lowest BCUT2D eigenvalue weighted by molar-refractivity contribution is -0.116. The Labute approximate surface area is 165 Å². The number of benzene rings is 2. The Morgan fingerprint density at radius 2 is 1.66 bits per heavy atom. The van der Waals surface area contributed by atoms with Crippen LogP contribution in [0, 0.1) is 6.92 Å². The maximum absolute atomic E-state index is 13.0. The monoisotopic (exact) mass is 386 g/mol. The first kappa shape index (κ1) is 17.2. The van der Waals surface area contributed by atoms with Crippen LogP contribution in [0.15, 0.2) is 58.1 Å². The molecule has 0 saturated heterocycles. The van der Waals surface area contributed by atoms with Crippen LogP contribution >= 0.6 is 0 Å². The van der Waals surface area contributed by atoms with Gasteiger partial charge in [-0.1, -0.05) is 48.0 Å². The Morgan fingerprint density at radius 3 is 2.41 bits per heavy atom. The van der Waals surface area contributed by atoms with Crippen molar-refractivity contribution < 1.29 is 4.79 Å². The molecule has 0 bridgehead atoms. The maximum Gasteiger partial charge on any atom is 0.329 e. The molecule has 1 aliphatic heterocycles. The number of para-hydroxylation sites is 1. The normalized spacial score (nSPS) is 15.5. The molecule has 1 aliphatic rings. The van der Waals surface area contributed by atoms with Gasteiger partial charge in [0, 0.05) is 18.3 Å². The van der Waals surface area contributed by atoms with Gasteiger partial charge in [0.2, 0.25) is 5.91 Å². The number of fused-ring (bicyclic) bond motifs is 2. The van der Waals surface area contributed by atoms with Gasteiger partial charge in [-0.05, 0) is 24.1 Å². The first-order chi connectivity index (χ1) is 14.0. The molecule has 5 rings (SSSR count). The summed E-state index contributed by atoms with van der Waals surface area (Å²) in [5.74, 6) is -0.858. The molecule has 0 radical (unpaired) electrons. The highest BCUT2D eigenvalue weighted by molar-refractivity contribution is 6.08. The molecular formula is C22H18N4O3. The van der Waals surface area contributed by atoms with Crippen molar-refractivity contribution in [2.75, 3.05) is 5.32 Å². The lowest BCUT2D eigenvalue weighted by Crippen LogP contribution is -2.28. The topological polar surface area (TPSA) is 99.8 Å². The van der Waals surface area contributed by atoms with Crippen LogP contribution in [0.5, 0.6) is 0 Å². The smallest absolute Gasteiger partial charge is 0.329 e. The zero-order valence-corrected chi connectivity index (χ0v) is 15.9. The van der Waals surface area contributed by atoms with Crippen molar-refractivity contribution >= 4 is 22.6 Å². The van der Waals surface area contributed by atoms with Crippen molar-refractivity contribution in [2.45, 2.75) is 12.8 Å². The molecule has 7 nitrogen and oxygen atoms in total. The van der Waals surface area contributed by atoms with Gasteiger partial charge in [0.1, 0.15) is 5.65 Å². The third-order valence-electron chi connectivity index (χ3n) is 5.53. The second-order valence-corrected chi connectivity index (χ2v) is 7.33. The van der Waals surface area contributed by atoms with Gasteiger partial charge in [-0.15, -0.1) is 0 Å². The summed E-state index contributed by atoms with van der Waals surface area (Å²) in [7, 11) is 1.59. The van der Waals surface area contributed by atoms with Crippen molar-refractivity contribution in [3.8, 4) is 11.3 Å².